The topological polar surface area (TPSA) is 77.4 Å². The van der Waals surface area contributed by atoms with Crippen molar-refractivity contribution < 1.29 is 29.2 Å². The minimum absolute atomic E-state index is 0.192. The maximum absolute atomic E-state index is 10.2. The molecule has 0 aliphatic heterocycles. The predicted molar refractivity (Wildman–Crippen MR) is 165 cm³/mol. The molecule has 6 nitrogen and oxygen atoms in total. The minimum atomic E-state index is -0.748. The largest absolute Gasteiger partial charge is 0.490 e. The summed E-state index contributed by atoms with van der Waals surface area (Å²) in [6, 6.07) is 8.65. The second kappa shape index (κ2) is 16.1. The van der Waals surface area contributed by atoms with E-state index in [9.17, 15) is 10.2 Å². The van der Waals surface area contributed by atoms with E-state index in [2.05, 4.69) is 38.1 Å². The molecule has 0 bridgehead atoms. The van der Waals surface area contributed by atoms with Crippen LogP contribution in [0.1, 0.15) is 54.2 Å². The molecule has 2 N–H and O–H groups in total. The van der Waals surface area contributed by atoms with E-state index < -0.39 is 18.5 Å². The maximum Gasteiger partial charge on any atom is 0.225 e. The molecule has 3 unspecified atom stereocenters. The highest BCUT2D eigenvalue weighted by Crippen LogP contribution is 2.39. The van der Waals surface area contributed by atoms with Crippen molar-refractivity contribution in [3.05, 3.63) is 57.6 Å². The molecule has 39 heavy (non-hydrogen) atoms. The van der Waals surface area contributed by atoms with Gasteiger partial charge in [0, 0.05) is 16.9 Å². The molecule has 220 valence electrons. The monoisotopic (exact) mass is 580 g/mol. The van der Waals surface area contributed by atoms with Crippen molar-refractivity contribution in [3.63, 3.8) is 0 Å². The number of rotatable bonds is 17. The Morgan fingerprint density at radius 2 is 1.26 bits per heavy atom. The van der Waals surface area contributed by atoms with Gasteiger partial charge in [0.15, 0.2) is 0 Å². The summed E-state index contributed by atoms with van der Waals surface area (Å²) in [6.45, 7) is 15.9. The van der Waals surface area contributed by atoms with E-state index in [4.69, 9.17) is 18.9 Å². The van der Waals surface area contributed by atoms with Crippen LogP contribution in [0, 0.1) is 27.7 Å². The Bertz CT molecular complexity index is 994. The van der Waals surface area contributed by atoms with E-state index in [-0.39, 0.29) is 18.6 Å². The van der Waals surface area contributed by atoms with Gasteiger partial charge in [0.05, 0.1) is 19.8 Å². The number of benzene rings is 2. The van der Waals surface area contributed by atoms with Crippen molar-refractivity contribution >= 4 is 23.5 Å². The summed E-state index contributed by atoms with van der Waals surface area (Å²) in [5, 5.41) is 20.4. The molecule has 0 aliphatic carbocycles. The first kappa shape index (κ1) is 33.8. The average molecular weight is 581 g/mol. The van der Waals surface area contributed by atoms with Gasteiger partial charge in [0.25, 0.3) is 0 Å². The SMILES string of the molecule is CSCCOCC(O)COc1c(C)cc(C(C)(C)c2cc(C)c(OC(OCCSC)C(C)O)c(C)c2)cc1C. The van der Waals surface area contributed by atoms with Crippen LogP contribution in [0.3, 0.4) is 0 Å². The predicted octanol–water partition coefficient (Wildman–Crippen LogP) is 5.83. The first-order valence-electron chi connectivity index (χ1n) is 13.5. The van der Waals surface area contributed by atoms with Gasteiger partial charge in [-0.2, -0.15) is 23.5 Å². The molecule has 0 amide bonds. The number of aliphatic hydroxyl groups is 2. The Balaban J connectivity index is 2.21. The lowest BCUT2D eigenvalue weighted by Crippen LogP contribution is -2.33. The van der Waals surface area contributed by atoms with Crippen LogP contribution in [0.5, 0.6) is 11.5 Å². The first-order valence-corrected chi connectivity index (χ1v) is 16.3. The van der Waals surface area contributed by atoms with E-state index in [1.165, 1.54) is 11.1 Å². The van der Waals surface area contributed by atoms with Crippen LogP contribution in [0.15, 0.2) is 24.3 Å². The molecular weight excluding hydrogens is 532 g/mol. The molecule has 3 atom stereocenters. The summed E-state index contributed by atoms with van der Waals surface area (Å²) in [5.41, 5.74) is 6.14. The first-order chi connectivity index (χ1) is 18.4. The van der Waals surface area contributed by atoms with Gasteiger partial charge < -0.3 is 29.2 Å². The molecule has 2 aromatic carbocycles. The normalized spacial score (nSPS) is 14.2. The fourth-order valence-corrected chi connectivity index (χ4v) is 4.97. The zero-order chi connectivity index (χ0) is 29.2. The standard InChI is InChI=1S/C31H48O6S2/c1-20-14-25(15-21(2)28(20)36-19-27(33)18-34-10-12-38-8)31(6,7)26-16-22(3)29(23(4)17-26)37-30(24(5)32)35-11-13-39-9/h14-17,24,27,30,32-33H,10-13,18-19H2,1-9H3. The van der Waals surface area contributed by atoms with Gasteiger partial charge in [0.1, 0.15) is 30.3 Å². The Kier molecular flexibility index (Phi) is 14.0. The number of thioether (sulfide) groups is 2. The van der Waals surface area contributed by atoms with Crippen molar-refractivity contribution in [2.75, 3.05) is 50.4 Å². The number of hydrogen-bond donors (Lipinski definition) is 2. The summed E-state index contributed by atoms with van der Waals surface area (Å²) in [7, 11) is 0. The number of aryl methyl sites for hydroxylation is 4. The van der Waals surface area contributed by atoms with E-state index in [1.54, 1.807) is 30.4 Å². The lowest BCUT2D eigenvalue weighted by Gasteiger charge is -2.30. The van der Waals surface area contributed by atoms with Gasteiger partial charge in [-0.3, -0.25) is 0 Å². The van der Waals surface area contributed by atoms with Gasteiger partial charge in [-0.15, -0.1) is 0 Å². The van der Waals surface area contributed by atoms with Gasteiger partial charge in [0.2, 0.25) is 6.29 Å². The van der Waals surface area contributed by atoms with Crippen molar-refractivity contribution in [3.8, 4) is 11.5 Å². The van der Waals surface area contributed by atoms with Gasteiger partial charge in [-0.1, -0.05) is 38.1 Å². The second-order valence-electron chi connectivity index (χ2n) is 10.6. The highest BCUT2D eigenvalue weighted by molar-refractivity contribution is 7.98. The Morgan fingerprint density at radius 3 is 1.74 bits per heavy atom. The molecule has 2 rings (SSSR count). The summed E-state index contributed by atoms with van der Waals surface area (Å²) in [4.78, 5) is 0. The number of aliphatic hydroxyl groups excluding tert-OH is 2. The maximum atomic E-state index is 10.2. The highest BCUT2D eigenvalue weighted by Gasteiger charge is 2.27. The molecule has 8 heteroatoms. The molecule has 0 radical (unpaired) electrons. The zero-order valence-corrected chi connectivity index (χ0v) is 26.8. The summed E-state index contributed by atoms with van der Waals surface area (Å²) >= 11 is 3.41. The van der Waals surface area contributed by atoms with Crippen molar-refractivity contribution in [1.82, 2.24) is 0 Å². The van der Waals surface area contributed by atoms with Gasteiger partial charge in [-0.05, 0) is 80.5 Å². The van der Waals surface area contributed by atoms with Crippen LogP contribution < -0.4 is 9.47 Å². The fraction of sp³-hybridized carbons (Fsp3) is 0.613. The summed E-state index contributed by atoms with van der Waals surface area (Å²) in [6.07, 6.45) is 1.92. The summed E-state index contributed by atoms with van der Waals surface area (Å²) in [5.74, 6) is 3.30. The smallest absolute Gasteiger partial charge is 0.225 e. The summed E-state index contributed by atoms with van der Waals surface area (Å²) < 4.78 is 23.5. The fourth-order valence-electron chi connectivity index (χ4n) is 4.43. The third-order valence-electron chi connectivity index (χ3n) is 6.72. The van der Waals surface area contributed by atoms with Crippen LogP contribution >= 0.6 is 23.5 Å². The average Bonchev–Trinajstić information content (AvgIpc) is 2.86. The lowest BCUT2D eigenvalue weighted by atomic mass is 9.76. The number of ether oxygens (including phenoxy) is 4. The second-order valence-corrected chi connectivity index (χ2v) is 12.6. The van der Waals surface area contributed by atoms with Crippen LogP contribution in [-0.4, -0.2) is 79.2 Å². The van der Waals surface area contributed by atoms with Crippen LogP contribution in [-0.2, 0) is 14.9 Å². The molecule has 0 aromatic heterocycles. The van der Waals surface area contributed by atoms with E-state index >= 15 is 0 Å². The van der Waals surface area contributed by atoms with Gasteiger partial charge in [-0.25, -0.2) is 0 Å². The van der Waals surface area contributed by atoms with Crippen molar-refractivity contribution in [2.24, 2.45) is 0 Å². The third-order valence-corrected chi connectivity index (χ3v) is 7.87. The molecule has 0 spiro atoms. The Morgan fingerprint density at radius 1 is 0.769 bits per heavy atom. The van der Waals surface area contributed by atoms with Crippen molar-refractivity contribution in [2.45, 2.75) is 72.4 Å². The molecule has 0 saturated heterocycles. The van der Waals surface area contributed by atoms with Gasteiger partial charge >= 0.3 is 0 Å². The molecule has 0 saturated carbocycles. The van der Waals surface area contributed by atoms with Crippen LogP contribution in [0.25, 0.3) is 0 Å². The van der Waals surface area contributed by atoms with E-state index in [1.807, 2.05) is 40.2 Å². The molecule has 0 fully saturated rings. The van der Waals surface area contributed by atoms with Crippen LogP contribution in [0.4, 0.5) is 0 Å². The Labute approximate surface area is 244 Å². The third kappa shape index (κ3) is 9.87. The molecule has 2 aromatic rings. The molecule has 0 aliphatic rings. The van der Waals surface area contributed by atoms with Crippen molar-refractivity contribution in [1.29, 1.82) is 0 Å². The zero-order valence-electron chi connectivity index (χ0n) is 25.1. The quantitative estimate of drug-likeness (QED) is 0.179. The molecule has 0 heterocycles. The highest BCUT2D eigenvalue weighted by atomic mass is 32.2. The lowest BCUT2D eigenvalue weighted by molar-refractivity contribution is -0.135. The number of hydrogen-bond acceptors (Lipinski definition) is 8. The van der Waals surface area contributed by atoms with Crippen LogP contribution in [0.2, 0.25) is 0 Å². The Hall–Kier alpha value is -1.42. The van der Waals surface area contributed by atoms with E-state index in [0.717, 1.165) is 45.3 Å². The van der Waals surface area contributed by atoms with E-state index in [0.29, 0.717) is 13.2 Å². The minimum Gasteiger partial charge on any atom is -0.490 e. The molecular formula is C31H48O6S2.